The maximum atomic E-state index is 13.3. The third-order valence-corrected chi connectivity index (χ3v) is 2.90. The first-order chi connectivity index (χ1) is 9.19. The second-order valence-corrected chi connectivity index (χ2v) is 4.16. The second kappa shape index (κ2) is 4.31. The molecule has 5 nitrogen and oxygen atoms in total. The predicted octanol–water partition coefficient (Wildman–Crippen LogP) is 1.79. The summed E-state index contributed by atoms with van der Waals surface area (Å²) in [5.74, 6) is 0.0264. The molecule has 1 aromatic carbocycles. The molecule has 6 heteroatoms. The molecule has 0 aliphatic carbocycles. The van der Waals surface area contributed by atoms with Crippen LogP contribution in [0.25, 0.3) is 17.0 Å². The summed E-state index contributed by atoms with van der Waals surface area (Å²) < 4.78 is 14.7. The fourth-order valence-corrected chi connectivity index (χ4v) is 1.98. The van der Waals surface area contributed by atoms with E-state index in [0.29, 0.717) is 23.5 Å². The molecule has 0 saturated heterocycles. The highest BCUT2D eigenvalue weighted by Gasteiger charge is 2.11. The Balaban J connectivity index is 2.38. The van der Waals surface area contributed by atoms with E-state index in [2.05, 4.69) is 15.2 Å². The molecule has 2 heterocycles. The maximum absolute atomic E-state index is 13.3. The molecule has 0 unspecified atom stereocenters. The number of benzene rings is 1. The predicted molar refractivity (Wildman–Crippen MR) is 68.4 cm³/mol. The minimum atomic E-state index is -0.385. The molecule has 3 aromatic rings. The zero-order chi connectivity index (χ0) is 13.4. The van der Waals surface area contributed by atoms with E-state index < -0.39 is 0 Å². The lowest BCUT2D eigenvalue weighted by Gasteiger charge is -2.06. The van der Waals surface area contributed by atoms with E-state index in [1.165, 1.54) is 16.5 Å². The van der Waals surface area contributed by atoms with Crippen molar-refractivity contribution >= 4 is 5.65 Å². The van der Waals surface area contributed by atoms with Gasteiger partial charge in [0, 0.05) is 17.3 Å². The summed E-state index contributed by atoms with van der Waals surface area (Å²) >= 11 is 0. The summed E-state index contributed by atoms with van der Waals surface area (Å²) in [5.41, 5.74) is 1.44. The number of H-pyrrole nitrogens is 1. The Morgan fingerprint density at radius 2 is 2.21 bits per heavy atom. The van der Waals surface area contributed by atoms with Gasteiger partial charge in [-0.05, 0) is 18.6 Å². The van der Waals surface area contributed by atoms with Gasteiger partial charge in [-0.3, -0.25) is 0 Å². The van der Waals surface area contributed by atoms with Crippen molar-refractivity contribution in [1.82, 2.24) is 19.6 Å². The number of rotatable bonds is 2. The number of aryl methyl sites for hydroxylation is 1. The molecule has 19 heavy (non-hydrogen) atoms. The number of halogens is 1. The third-order valence-electron chi connectivity index (χ3n) is 2.90. The van der Waals surface area contributed by atoms with Crippen LogP contribution >= 0.6 is 0 Å². The van der Waals surface area contributed by atoms with Crippen molar-refractivity contribution in [3.05, 3.63) is 52.3 Å². The van der Waals surface area contributed by atoms with Gasteiger partial charge in [0.15, 0.2) is 5.65 Å². The number of aromatic nitrogens is 4. The van der Waals surface area contributed by atoms with Gasteiger partial charge in [0.25, 0.3) is 0 Å². The molecule has 0 saturated carbocycles. The normalized spacial score (nSPS) is 11.1. The van der Waals surface area contributed by atoms with E-state index in [1.54, 1.807) is 18.2 Å². The molecule has 0 fully saturated rings. The standard InChI is InChI=1S/C13H11FN4O/c1-2-10-7-11-16-17-13(19)18(11)12(15-10)8-4-3-5-9(14)6-8/h3-7H,2H2,1H3,(H,17,19). The molecule has 2 aromatic heterocycles. The monoisotopic (exact) mass is 258 g/mol. The van der Waals surface area contributed by atoms with Crippen LogP contribution in [0.4, 0.5) is 4.39 Å². The average Bonchev–Trinajstić information content (AvgIpc) is 2.79. The Labute approximate surface area is 107 Å². The van der Waals surface area contributed by atoms with E-state index >= 15 is 0 Å². The third kappa shape index (κ3) is 1.91. The largest absolute Gasteiger partial charge is 0.349 e. The summed E-state index contributed by atoms with van der Waals surface area (Å²) in [6.45, 7) is 1.96. The Morgan fingerprint density at radius 1 is 1.37 bits per heavy atom. The van der Waals surface area contributed by atoms with Gasteiger partial charge >= 0.3 is 5.69 Å². The van der Waals surface area contributed by atoms with Crippen LogP contribution in [-0.2, 0) is 6.42 Å². The summed E-state index contributed by atoms with van der Waals surface area (Å²) in [4.78, 5) is 16.2. The van der Waals surface area contributed by atoms with Gasteiger partial charge in [0.1, 0.15) is 11.6 Å². The second-order valence-electron chi connectivity index (χ2n) is 4.16. The number of fused-ring (bicyclic) bond motifs is 1. The Bertz CT molecular complexity index is 806. The molecule has 0 aliphatic heterocycles. The number of nitrogens with one attached hydrogen (secondary N) is 1. The highest BCUT2D eigenvalue weighted by atomic mass is 19.1. The summed E-state index contributed by atoms with van der Waals surface area (Å²) in [5, 5.41) is 6.30. The zero-order valence-corrected chi connectivity index (χ0v) is 10.2. The first kappa shape index (κ1) is 11.6. The van der Waals surface area contributed by atoms with Crippen LogP contribution < -0.4 is 5.69 Å². The van der Waals surface area contributed by atoms with Crippen molar-refractivity contribution in [2.24, 2.45) is 0 Å². The first-order valence-electron chi connectivity index (χ1n) is 5.92. The topological polar surface area (TPSA) is 63.0 Å². The van der Waals surface area contributed by atoms with Crippen molar-refractivity contribution in [3.63, 3.8) is 0 Å². The van der Waals surface area contributed by atoms with Crippen molar-refractivity contribution in [3.8, 4) is 11.4 Å². The highest BCUT2D eigenvalue weighted by Crippen LogP contribution is 2.18. The van der Waals surface area contributed by atoms with Gasteiger partial charge in [-0.1, -0.05) is 19.1 Å². The molecule has 96 valence electrons. The molecule has 0 aliphatic rings. The van der Waals surface area contributed by atoms with Gasteiger partial charge in [-0.25, -0.2) is 23.7 Å². The van der Waals surface area contributed by atoms with Crippen LogP contribution in [0.3, 0.4) is 0 Å². The van der Waals surface area contributed by atoms with E-state index in [9.17, 15) is 9.18 Å². The first-order valence-corrected chi connectivity index (χ1v) is 5.92. The van der Waals surface area contributed by atoms with Gasteiger partial charge < -0.3 is 0 Å². The van der Waals surface area contributed by atoms with Crippen molar-refractivity contribution in [1.29, 1.82) is 0 Å². The lowest BCUT2D eigenvalue weighted by molar-refractivity contribution is 0.628. The lowest BCUT2D eigenvalue weighted by Crippen LogP contribution is -2.13. The van der Waals surface area contributed by atoms with Crippen LogP contribution in [0.15, 0.2) is 35.1 Å². The SMILES string of the molecule is CCc1cc2n[nH]c(=O)n2c(-c2cccc(F)c2)n1. The Kier molecular flexibility index (Phi) is 2.63. The van der Waals surface area contributed by atoms with Crippen LogP contribution in [0.1, 0.15) is 12.6 Å². The average molecular weight is 258 g/mol. The molecule has 0 amide bonds. The summed E-state index contributed by atoms with van der Waals surface area (Å²) in [6.07, 6.45) is 0.708. The quantitative estimate of drug-likeness (QED) is 0.762. The lowest BCUT2D eigenvalue weighted by atomic mass is 10.2. The van der Waals surface area contributed by atoms with Crippen molar-refractivity contribution < 1.29 is 4.39 Å². The highest BCUT2D eigenvalue weighted by molar-refractivity contribution is 5.59. The van der Waals surface area contributed by atoms with Gasteiger partial charge in [-0.2, -0.15) is 5.10 Å². The molecule has 1 N–H and O–H groups in total. The number of hydrogen-bond donors (Lipinski definition) is 1. The van der Waals surface area contributed by atoms with E-state index in [4.69, 9.17) is 0 Å². The molecule has 0 bridgehead atoms. The van der Waals surface area contributed by atoms with Gasteiger partial charge in [0.2, 0.25) is 0 Å². The fourth-order valence-electron chi connectivity index (χ4n) is 1.98. The maximum Gasteiger partial charge on any atom is 0.349 e. The molecular weight excluding hydrogens is 247 g/mol. The number of nitrogens with zero attached hydrogens (tertiary/aromatic N) is 3. The van der Waals surface area contributed by atoms with Crippen molar-refractivity contribution in [2.45, 2.75) is 13.3 Å². The van der Waals surface area contributed by atoms with Crippen LogP contribution in [0, 0.1) is 5.82 Å². The molecular formula is C13H11FN4O. The van der Waals surface area contributed by atoms with Gasteiger partial charge in [-0.15, -0.1) is 0 Å². The zero-order valence-electron chi connectivity index (χ0n) is 10.2. The van der Waals surface area contributed by atoms with Crippen molar-refractivity contribution in [2.75, 3.05) is 0 Å². The molecule has 0 radical (unpaired) electrons. The van der Waals surface area contributed by atoms with E-state index in [-0.39, 0.29) is 11.5 Å². The van der Waals surface area contributed by atoms with Crippen LogP contribution in [0.2, 0.25) is 0 Å². The minimum absolute atomic E-state index is 0.370. The minimum Gasteiger partial charge on any atom is -0.246 e. The number of hydrogen-bond acceptors (Lipinski definition) is 3. The Morgan fingerprint density at radius 3 is 2.95 bits per heavy atom. The number of aromatic amines is 1. The van der Waals surface area contributed by atoms with Crippen LogP contribution in [-0.4, -0.2) is 19.6 Å². The van der Waals surface area contributed by atoms with E-state index in [1.807, 2.05) is 6.92 Å². The molecule has 0 spiro atoms. The molecule has 0 atom stereocenters. The molecule has 3 rings (SSSR count). The van der Waals surface area contributed by atoms with Gasteiger partial charge in [0.05, 0.1) is 0 Å². The smallest absolute Gasteiger partial charge is 0.246 e. The van der Waals surface area contributed by atoms with E-state index in [0.717, 1.165) is 5.69 Å². The summed E-state index contributed by atoms with van der Waals surface area (Å²) in [6, 6.07) is 7.73. The fraction of sp³-hybridized carbons (Fsp3) is 0.154. The summed E-state index contributed by atoms with van der Waals surface area (Å²) in [7, 11) is 0. The van der Waals surface area contributed by atoms with Crippen LogP contribution in [0.5, 0.6) is 0 Å². The Hall–Kier alpha value is -2.50.